The molecular weight excluding hydrogens is 362 g/mol. The van der Waals surface area contributed by atoms with Crippen LogP contribution in [0.1, 0.15) is 21.5 Å². The van der Waals surface area contributed by atoms with Crippen LogP contribution in [-0.2, 0) is 20.9 Å². The number of carboxylic acid groups (broad SMARTS) is 1. The largest absolute Gasteiger partial charge is 0.488 e. The summed E-state index contributed by atoms with van der Waals surface area (Å²) in [5, 5.41) is 18.2. The second-order valence-corrected chi connectivity index (χ2v) is 5.63. The van der Waals surface area contributed by atoms with Gasteiger partial charge in [0, 0.05) is 12.7 Å². The molecule has 0 saturated heterocycles. The van der Waals surface area contributed by atoms with E-state index in [1.54, 1.807) is 36.4 Å². The van der Waals surface area contributed by atoms with Crippen molar-refractivity contribution in [1.82, 2.24) is 0 Å². The van der Waals surface area contributed by atoms with Crippen LogP contribution in [0, 0.1) is 11.3 Å². The molecule has 7 heteroatoms. The van der Waals surface area contributed by atoms with Crippen molar-refractivity contribution in [3.8, 4) is 11.8 Å². The van der Waals surface area contributed by atoms with Crippen LogP contribution in [0.5, 0.6) is 5.75 Å². The van der Waals surface area contributed by atoms with Crippen molar-refractivity contribution in [1.29, 1.82) is 5.26 Å². The summed E-state index contributed by atoms with van der Waals surface area (Å²) in [6, 6.07) is 15.1. The second-order valence-electron chi connectivity index (χ2n) is 5.63. The Balaban J connectivity index is 2.12. The van der Waals surface area contributed by atoms with Crippen molar-refractivity contribution in [2.24, 2.45) is 0 Å². The number of carboxylic acids is 1. The topological polar surface area (TPSA) is 106 Å². The van der Waals surface area contributed by atoms with Crippen LogP contribution in [0.3, 0.4) is 0 Å². The lowest BCUT2D eigenvalue weighted by Crippen LogP contribution is -2.11. The van der Waals surface area contributed by atoms with E-state index < -0.39 is 11.9 Å². The molecule has 1 N–H and O–H groups in total. The second kappa shape index (κ2) is 10.5. The molecule has 0 aromatic heterocycles. The molecule has 0 fully saturated rings. The lowest BCUT2D eigenvalue weighted by atomic mass is 10.1. The molecule has 2 aromatic rings. The van der Waals surface area contributed by atoms with Gasteiger partial charge in [-0.3, -0.25) is 0 Å². The Morgan fingerprint density at radius 1 is 1.11 bits per heavy atom. The van der Waals surface area contributed by atoms with Crippen molar-refractivity contribution < 1.29 is 28.9 Å². The molecule has 0 radical (unpaired) electrons. The SMILES string of the molecule is COCCOC(=O)/C(C#N)=C/c1ccccc1OCc1ccc(C(=O)O)cc1. The van der Waals surface area contributed by atoms with Crippen molar-refractivity contribution in [3.05, 3.63) is 70.8 Å². The third kappa shape index (κ3) is 5.97. The number of nitrogens with zero attached hydrogens (tertiary/aromatic N) is 1. The molecule has 0 aliphatic rings. The molecule has 0 unspecified atom stereocenters. The maximum atomic E-state index is 12.0. The van der Waals surface area contributed by atoms with Crippen LogP contribution < -0.4 is 4.74 Å². The zero-order chi connectivity index (χ0) is 20.4. The summed E-state index contributed by atoms with van der Waals surface area (Å²) < 4.78 is 15.5. The van der Waals surface area contributed by atoms with Crippen LogP contribution in [0.4, 0.5) is 0 Å². The number of hydrogen-bond donors (Lipinski definition) is 1. The number of nitriles is 1. The Labute approximate surface area is 162 Å². The molecule has 0 spiro atoms. The number of carbonyl (C=O) groups is 2. The zero-order valence-corrected chi connectivity index (χ0v) is 15.3. The van der Waals surface area contributed by atoms with Crippen molar-refractivity contribution in [2.45, 2.75) is 6.61 Å². The molecule has 2 aromatic carbocycles. The van der Waals surface area contributed by atoms with Gasteiger partial charge in [-0.25, -0.2) is 9.59 Å². The third-order valence-corrected chi connectivity index (χ3v) is 3.68. The molecule has 0 aliphatic carbocycles. The molecule has 0 amide bonds. The number of hydrogen-bond acceptors (Lipinski definition) is 6. The van der Waals surface area contributed by atoms with Gasteiger partial charge in [0.15, 0.2) is 0 Å². The minimum absolute atomic E-state index is 0.0544. The first-order valence-electron chi connectivity index (χ1n) is 8.37. The number of ether oxygens (including phenoxy) is 3. The summed E-state index contributed by atoms with van der Waals surface area (Å²) in [5.41, 5.74) is 1.36. The summed E-state index contributed by atoms with van der Waals surface area (Å²) in [5.74, 6) is -1.26. The first-order chi connectivity index (χ1) is 13.5. The van der Waals surface area contributed by atoms with Gasteiger partial charge in [-0.2, -0.15) is 5.26 Å². The minimum atomic E-state index is -0.996. The maximum absolute atomic E-state index is 12.0. The highest BCUT2D eigenvalue weighted by atomic mass is 16.6. The summed E-state index contributed by atoms with van der Waals surface area (Å²) in [4.78, 5) is 22.9. The number of rotatable bonds is 9. The van der Waals surface area contributed by atoms with Gasteiger partial charge in [0.1, 0.15) is 30.6 Å². The van der Waals surface area contributed by atoms with Gasteiger partial charge in [-0.1, -0.05) is 30.3 Å². The van der Waals surface area contributed by atoms with E-state index in [0.29, 0.717) is 11.3 Å². The molecule has 144 valence electrons. The number of para-hydroxylation sites is 1. The fraction of sp³-hybridized carbons (Fsp3) is 0.190. The van der Waals surface area contributed by atoms with E-state index >= 15 is 0 Å². The van der Waals surface area contributed by atoms with Gasteiger partial charge in [0.2, 0.25) is 0 Å². The van der Waals surface area contributed by atoms with Gasteiger partial charge in [0.05, 0.1) is 12.2 Å². The van der Waals surface area contributed by atoms with Crippen LogP contribution >= 0.6 is 0 Å². The number of methoxy groups -OCH3 is 1. The lowest BCUT2D eigenvalue weighted by Gasteiger charge is -2.10. The first-order valence-corrected chi connectivity index (χ1v) is 8.37. The first kappa shape index (κ1) is 20.7. The molecule has 0 aliphatic heterocycles. The minimum Gasteiger partial charge on any atom is -0.488 e. The smallest absolute Gasteiger partial charge is 0.348 e. The fourth-order valence-corrected chi connectivity index (χ4v) is 2.22. The Morgan fingerprint density at radius 3 is 2.46 bits per heavy atom. The summed E-state index contributed by atoms with van der Waals surface area (Å²) in [6.07, 6.45) is 1.40. The Bertz CT molecular complexity index is 896. The number of aromatic carboxylic acids is 1. The van der Waals surface area contributed by atoms with E-state index in [-0.39, 0.29) is 31.0 Å². The molecule has 2 rings (SSSR count). The quantitative estimate of drug-likeness (QED) is 0.308. The van der Waals surface area contributed by atoms with E-state index in [2.05, 4.69) is 0 Å². The molecule has 0 heterocycles. The standard InChI is InChI=1S/C21H19NO6/c1-26-10-11-27-21(25)18(13-22)12-17-4-2-3-5-19(17)28-14-15-6-8-16(9-7-15)20(23)24/h2-9,12H,10-11,14H2,1H3,(H,23,24)/b18-12+. The lowest BCUT2D eigenvalue weighted by molar-refractivity contribution is -0.139. The third-order valence-electron chi connectivity index (χ3n) is 3.68. The van der Waals surface area contributed by atoms with Crippen molar-refractivity contribution >= 4 is 18.0 Å². The summed E-state index contributed by atoms with van der Waals surface area (Å²) in [6.45, 7) is 0.495. The summed E-state index contributed by atoms with van der Waals surface area (Å²) in [7, 11) is 1.48. The van der Waals surface area contributed by atoms with Crippen LogP contribution in [0.2, 0.25) is 0 Å². The van der Waals surface area contributed by atoms with Crippen LogP contribution in [0.15, 0.2) is 54.1 Å². The summed E-state index contributed by atoms with van der Waals surface area (Å²) >= 11 is 0. The normalized spacial score (nSPS) is 10.8. The molecule has 7 nitrogen and oxygen atoms in total. The average molecular weight is 381 g/mol. The van der Waals surface area contributed by atoms with Crippen molar-refractivity contribution in [2.75, 3.05) is 20.3 Å². The van der Waals surface area contributed by atoms with E-state index in [4.69, 9.17) is 19.3 Å². The molecule has 0 atom stereocenters. The highest BCUT2D eigenvalue weighted by molar-refractivity contribution is 5.98. The monoisotopic (exact) mass is 381 g/mol. The van der Waals surface area contributed by atoms with Crippen LogP contribution in [0.25, 0.3) is 6.08 Å². The molecule has 28 heavy (non-hydrogen) atoms. The molecular formula is C21H19NO6. The van der Waals surface area contributed by atoms with Gasteiger partial charge in [-0.05, 0) is 29.8 Å². The Morgan fingerprint density at radius 2 is 1.82 bits per heavy atom. The van der Waals surface area contributed by atoms with E-state index in [1.807, 2.05) is 6.07 Å². The number of esters is 1. The maximum Gasteiger partial charge on any atom is 0.348 e. The molecule has 0 saturated carbocycles. The number of carbonyl (C=O) groups excluding carboxylic acids is 1. The highest BCUT2D eigenvalue weighted by Gasteiger charge is 2.12. The molecule has 0 bridgehead atoms. The predicted octanol–water partition coefficient (Wildman–Crippen LogP) is 3.06. The zero-order valence-electron chi connectivity index (χ0n) is 15.3. The van der Waals surface area contributed by atoms with E-state index in [0.717, 1.165) is 5.56 Å². The van der Waals surface area contributed by atoms with Gasteiger partial charge >= 0.3 is 11.9 Å². The predicted molar refractivity (Wildman–Crippen MR) is 101 cm³/mol. The van der Waals surface area contributed by atoms with Gasteiger partial charge in [0.25, 0.3) is 0 Å². The Kier molecular flexibility index (Phi) is 7.76. The van der Waals surface area contributed by atoms with Gasteiger partial charge < -0.3 is 19.3 Å². The average Bonchev–Trinajstić information content (AvgIpc) is 2.71. The fourth-order valence-electron chi connectivity index (χ4n) is 2.22. The number of benzene rings is 2. The van der Waals surface area contributed by atoms with E-state index in [9.17, 15) is 14.9 Å². The van der Waals surface area contributed by atoms with Crippen LogP contribution in [-0.4, -0.2) is 37.4 Å². The van der Waals surface area contributed by atoms with E-state index in [1.165, 1.54) is 25.3 Å². The Hall–Kier alpha value is -3.63. The van der Waals surface area contributed by atoms with Gasteiger partial charge in [-0.15, -0.1) is 0 Å². The highest BCUT2D eigenvalue weighted by Crippen LogP contribution is 2.22. The van der Waals surface area contributed by atoms with Crippen molar-refractivity contribution in [3.63, 3.8) is 0 Å².